The Labute approximate surface area is 154 Å². The maximum absolute atomic E-state index is 11.2. The van der Waals surface area contributed by atoms with Gasteiger partial charge in [0.15, 0.2) is 11.5 Å². The molecule has 1 fully saturated rings. The Morgan fingerprint density at radius 1 is 1.52 bits per heavy atom. The molecule has 0 aliphatic carbocycles. The van der Waals surface area contributed by atoms with E-state index in [9.17, 15) is 5.11 Å². The van der Waals surface area contributed by atoms with Gasteiger partial charge in [-0.05, 0) is 54.2 Å². The summed E-state index contributed by atoms with van der Waals surface area (Å²) in [6.07, 6.45) is -8.75. The van der Waals surface area contributed by atoms with Crippen LogP contribution in [-0.2, 0) is 6.42 Å². The number of ether oxygens (including phenoxy) is 2. The van der Waals surface area contributed by atoms with Crippen LogP contribution in [0, 0.1) is 11.8 Å². The van der Waals surface area contributed by atoms with Gasteiger partial charge in [-0.3, -0.25) is 4.90 Å². The van der Waals surface area contributed by atoms with Gasteiger partial charge in [-0.15, -0.1) is 0 Å². The number of rotatable bonds is 4. The molecule has 1 aromatic rings. The number of hydrogen-bond acceptors (Lipinski definition) is 4. The number of nitrogens with zero attached hydrogens (tertiary/aromatic N) is 1. The Bertz CT molecular complexity index is 966. The second-order valence-corrected chi connectivity index (χ2v) is 5.60. The maximum atomic E-state index is 11.2. The smallest absolute Gasteiger partial charge is 0.161 e. The Kier molecular flexibility index (Phi) is 2.26. The van der Waals surface area contributed by atoms with E-state index in [2.05, 4.69) is 0 Å². The minimum Gasteiger partial charge on any atom is -0.493 e. The lowest BCUT2D eigenvalue weighted by molar-refractivity contribution is -0.0191. The quantitative estimate of drug-likeness (QED) is 0.921. The van der Waals surface area contributed by atoms with Gasteiger partial charge in [-0.1, -0.05) is 13.8 Å². The first-order valence-electron chi connectivity index (χ1n) is 12.9. The van der Waals surface area contributed by atoms with Gasteiger partial charge in [0.2, 0.25) is 0 Å². The summed E-state index contributed by atoms with van der Waals surface area (Å²) in [5.74, 6) is -5.79. The largest absolute Gasteiger partial charge is 0.493 e. The molecule has 1 unspecified atom stereocenters. The van der Waals surface area contributed by atoms with Crippen molar-refractivity contribution in [3.63, 3.8) is 0 Å². The van der Waals surface area contributed by atoms with Crippen molar-refractivity contribution < 1.29 is 29.7 Å². The molecule has 1 aromatic carbocycles. The molecular formula is C19H29NO3. The normalized spacial score (nSPS) is 45.8. The monoisotopic (exact) mass is 330 g/mol. The van der Waals surface area contributed by atoms with Crippen molar-refractivity contribution in [1.29, 1.82) is 0 Å². The lowest BCUT2D eigenvalue weighted by Crippen LogP contribution is -2.48. The highest BCUT2D eigenvalue weighted by molar-refractivity contribution is 5.49. The number of piperidine rings is 1. The van der Waals surface area contributed by atoms with Crippen molar-refractivity contribution in [2.24, 2.45) is 11.8 Å². The van der Waals surface area contributed by atoms with Crippen LogP contribution in [0.3, 0.4) is 0 Å². The Balaban J connectivity index is 2.27. The minimum atomic E-state index is -3.51. The summed E-state index contributed by atoms with van der Waals surface area (Å²) >= 11 is 0. The molecule has 2 aliphatic heterocycles. The predicted molar refractivity (Wildman–Crippen MR) is 91.1 cm³/mol. The van der Waals surface area contributed by atoms with Crippen LogP contribution >= 0.6 is 0 Å². The minimum absolute atomic E-state index is 0.147. The van der Waals surface area contributed by atoms with Crippen LogP contribution in [-0.4, -0.2) is 43.4 Å². The molecular weight excluding hydrogens is 290 g/mol. The van der Waals surface area contributed by atoms with E-state index in [4.69, 9.17) is 24.6 Å². The van der Waals surface area contributed by atoms with E-state index in [1.165, 1.54) is 20.3 Å². The summed E-state index contributed by atoms with van der Waals surface area (Å²) in [6, 6.07) is 1.65. The Hall–Kier alpha value is -1.26. The van der Waals surface area contributed by atoms with Gasteiger partial charge < -0.3 is 14.6 Å². The van der Waals surface area contributed by atoms with E-state index in [1.807, 2.05) is 0 Å². The van der Waals surface area contributed by atoms with Crippen molar-refractivity contribution in [2.75, 3.05) is 27.3 Å². The molecule has 2 aliphatic rings. The third-order valence-electron chi connectivity index (χ3n) is 4.05. The van der Waals surface area contributed by atoms with E-state index in [-0.39, 0.29) is 24.3 Å². The lowest BCUT2D eigenvalue weighted by Gasteiger charge is -2.46. The average molecular weight is 331 g/mol. The van der Waals surface area contributed by atoms with E-state index in [1.54, 1.807) is 6.07 Å². The predicted octanol–water partition coefficient (Wildman–Crippen LogP) is 3.03. The van der Waals surface area contributed by atoms with Crippen LogP contribution in [0.2, 0.25) is 0 Å². The second-order valence-electron chi connectivity index (χ2n) is 5.60. The third-order valence-corrected chi connectivity index (χ3v) is 4.05. The standard InChI is InChI=1S/C19H29NO3/c1-12(2)7-14-11-20-6-5-13-8-18(22-3)19(23-4)9-15(13)16(20)10-17(14)21/h8-9,12,14,16-17,21H,5-7,10-11H2,1-4H3/t14-,16-,17+/m0/s1/i1D3,7D2,10D2,11D2,12D,14D/t12?,14-,16-,17+. The van der Waals surface area contributed by atoms with Gasteiger partial charge >= 0.3 is 0 Å². The Morgan fingerprint density at radius 3 is 2.96 bits per heavy atom. The van der Waals surface area contributed by atoms with Crippen molar-refractivity contribution in [3.8, 4) is 11.5 Å². The first-order valence-corrected chi connectivity index (χ1v) is 7.44. The first kappa shape index (κ1) is 7.75. The van der Waals surface area contributed by atoms with Crippen molar-refractivity contribution in [3.05, 3.63) is 23.3 Å². The van der Waals surface area contributed by atoms with Crippen LogP contribution in [0.15, 0.2) is 12.1 Å². The maximum Gasteiger partial charge on any atom is 0.161 e. The average Bonchev–Trinajstić information content (AvgIpc) is 2.73. The van der Waals surface area contributed by atoms with Gasteiger partial charge in [-0.25, -0.2) is 0 Å². The zero-order valence-corrected chi connectivity index (χ0v) is 13.4. The molecule has 0 saturated carbocycles. The number of aliphatic hydroxyl groups excluding tert-OH is 1. The first-order chi connectivity index (χ1) is 15.2. The van der Waals surface area contributed by atoms with Crippen LogP contribution in [0.4, 0.5) is 0 Å². The number of benzene rings is 1. The summed E-state index contributed by atoms with van der Waals surface area (Å²) in [7, 11) is 2.81. The van der Waals surface area contributed by atoms with Gasteiger partial charge in [0, 0.05) is 34.2 Å². The van der Waals surface area contributed by atoms with E-state index < -0.39 is 50.0 Å². The van der Waals surface area contributed by atoms with Crippen LogP contribution < -0.4 is 9.47 Å². The third kappa shape index (κ3) is 3.20. The van der Waals surface area contributed by atoms with Crippen molar-refractivity contribution >= 4 is 0 Å². The fraction of sp³-hybridized carbons (Fsp3) is 0.684. The molecule has 128 valence electrons. The molecule has 4 nitrogen and oxygen atoms in total. The molecule has 0 bridgehead atoms. The summed E-state index contributed by atoms with van der Waals surface area (Å²) in [5, 5.41) is 11.2. The molecule has 1 saturated heterocycles. The SMILES string of the molecule is [2H]C1([2H])[C@@H](O)[C@@]([2H])(C([2H])([2H])C([2H])(C)C([2H])([2H])[2H])C([2H])([2H])N2CCc3cc(OC)c(OC)cc3[C@@H]21. The summed E-state index contributed by atoms with van der Waals surface area (Å²) in [4.78, 5) is 0.953. The number of hydrogen-bond donors (Lipinski definition) is 1. The zero-order chi connectivity index (χ0) is 26.3. The molecule has 23 heavy (non-hydrogen) atoms. The highest BCUT2D eigenvalue weighted by Crippen LogP contribution is 2.43. The zero-order valence-electron chi connectivity index (χ0n) is 24.4. The molecule has 4 atom stereocenters. The Morgan fingerprint density at radius 2 is 2.26 bits per heavy atom. The van der Waals surface area contributed by atoms with E-state index >= 15 is 0 Å². The number of aliphatic hydroxyl groups is 1. The summed E-state index contributed by atoms with van der Waals surface area (Å²) < 4.78 is 103. The van der Waals surface area contributed by atoms with E-state index in [0.29, 0.717) is 18.2 Å². The highest BCUT2D eigenvalue weighted by Gasteiger charge is 2.38. The van der Waals surface area contributed by atoms with Crippen molar-refractivity contribution in [2.45, 2.75) is 45.1 Å². The molecule has 3 rings (SSSR count). The molecule has 0 amide bonds. The molecule has 4 heteroatoms. The molecule has 2 heterocycles. The topological polar surface area (TPSA) is 41.9 Å². The second kappa shape index (κ2) is 6.70. The van der Waals surface area contributed by atoms with Crippen LogP contribution in [0.25, 0.3) is 0 Å². The molecule has 0 spiro atoms. The van der Waals surface area contributed by atoms with E-state index in [0.717, 1.165) is 4.90 Å². The fourth-order valence-electron chi connectivity index (χ4n) is 2.99. The summed E-state index contributed by atoms with van der Waals surface area (Å²) in [5.41, 5.74) is 0.892. The fourth-order valence-corrected chi connectivity index (χ4v) is 2.99. The summed E-state index contributed by atoms with van der Waals surface area (Å²) in [6.45, 7) is -5.79. The molecule has 0 aromatic heterocycles. The van der Waals surface area contributed by atoms with Crippen molar-refractivity contribution in [1.82, 2.24) is 4.90 Å². The van der Waals surface area contributed by atoms with Crippen LogP contribution in [0.5, 0.6) is 11.5 Å². The van der Waals surface area contributed by atoms with Gasteiger partial charge in [0.25, 0.3) is 0 Å². The number of fused-ring (bicyclic) bond motifs is 3. The molecule has 0 radical (unpaired) electrons. The van der Waals surface area contributed by atoms with Gasteiger partial charge in [0.1, 0.15) is 0 Å². The number of methoxy groups -OCH3 is 2. The van der Waals surface area contributed by atoms with Gasteiger partial charge in [-0.2, -0.15) is 0 Å². The van der Waals surface area contributed by atoms with Crippen LogP contribution in [0.1, 0.15) is 58.8 Å². The highest BCUT2D eigenvalue weighted by atomic mass is 16.5. The van der Waals surface area contributed by atoms with Gasteiger partial charge in [0.05, 0.1) is 20.3 Å². The molecule has 1 N–H and O–H groups in total. The lowest BCUT2D eigenvalue weighted by atomic mass is 9.79.